The summed E-state index contributed by atoms with van der Waals surface area (Å²) in [6.45, 7) is 3.45. The Morgan fingerprint density at radius 3 is 1.76 bits per heavy atom. The summed E-state index contributed by atoms with van der Waals surface area (Å²) in [7, 11) is -7.62. The van der Waals surface area contributed by atoms with Crippen LogP contribution >= 0.6 is 0 Å². The van der Waals surface area contributed by atoms with E-state index in [1.165, 1.54) is 12.1 Å². The fraction of sp³-hybridized carbons (Fsp3) is 0.135. The molecule has 0 saturated heterocycles. The van der Waals surface area contributed by atoms with E-state index >= 15 is 0 Å². The van der Waals surface area contributed by atoms with Crippen molar-refractivity contribution >= 4 is 67.3 Å². The monoisotopic (exact) mass is 765 g/mol. The van der Waals surface area contributed by atoms with Crippen LogP contribution in [-0.2, 0) is 36.6 Å². The minimum absolute atomic E-state index is 0.169. The quantitative estimate of drug-likeness (QED) is 0.0538. The van der Waals surface area contributed by atoms with E-state index in [0.29, 0.717) is 46.2 Å². The molecule has 4 aromatic carbocycles. The maximum Gasteiger partial charge on any atom is 0.297 e. The van der Waals surface area contributed by atoms with Gasteiger partial charge in [0.2, 0.25) is 17.8 Å². The first-order valence-electron chi connectivity index (χ1n) is 16.4. The Bertz CT molecular complexity index is 2540. The number of nitrogens with one attached hydrogen (secondary N) is 3. The average Bonchev–Trinajstić information content (AvgIpc) is 3.11. The molecule has 17 heteroatoms. The maximum atomic E-state index is 13.1. The largest absolute Gasteiger partial charge is 0.324 e. The minimum atomic E-state index is -4.45. The topological polar surface area (TPSA) is 211 Å². The van der Waals surface area contributed by atoms with Crippen molar-refractivity contribution in [1.29, 1.82) is 0 Å². The summed E-state index contributed by atoms with van der Waals surface area (Å²) in [5.74, 6) is 1.51. The average molecular weight is 766 g/mol. The third kappa shape index (κ3) is 10.3. The van der Waals surface area contributed by atoms with Crippen LogP contribution in [-0.4, -0.2) is 58.4 Å². The van der Waals surface area contributed by atoms with Gasteiger partial charge in [-0.2, -0.15) is 41.8 Å². The summed E-state index contributed by atoms with van der Waals surface area (Å²) >= 11 is 0. The smallest absolute Gasteiger partial charge is 0.297 e. The van der Waals surface area contributed by atoms with Crippen molar-refractivity contribution in [2.24, 2.45) is 0 Å². The number of nitrogens with zero attached hydrogens (tertiary/aromatic N) is 6. The molecular formula is C37H35N9O6S2. The molecule has 6 aromatic rings. The van der Waals surface area contributed by atoms with Crippen LogP contribution in [0.1, 0.15) is 39.7 Å². The number of rotatable bonds is 14. The van der Waals surface area contributed by atoms with Crippen LogP contribution in [0, 0.1) is 13.8 Å². The molecule has 0 bridgehead atoms. The molecule has 0 amide bonds. The molecule has 15 nitrogen and oxygen atoms in total. The van der Waals surface area contributed by atoms with Crippen LogP contribution in [0.2, 0.25) is 0 Å². The van der Waals surface area contributed by atoms with Crippen molar-refractivity contribution in [2.45, 2.75) is 30.9 Å². The van der Waals surface area contributed by atoms with Crippen molar-refractivity contribution in [3.05, 3.63) is 137 Å². The zero-order chi connectivity index (χ0) is 38.3. The molecule has 276 valence electrons. The second-order valence-corrected chi connectivity index (χ2v) is 15.0. The van der Waals surface area contributed by atoms with Crippen LogP contribution in [0.15, 0.2) is 102 Å². The number of aryl methyl sites for hydroxylation is 2. The molecule has 0 atom stereocenters. The minimum Gasteiger partial charge on any atom is -0.324 e. The highest BCUT2D eigenvalue weighted by Gasteiger charge is 2.19. The maximum absolute atomic E-state index is 13.1. The lowest BCUT2D eigenvalue weighted by atomic mass is 10.0. The molecule has 2 heterocycles. The first kappa shape index (κ1) is 37.6. The van der Waals surface area contributed by atoms with Gasteiger partial charge in [0, 0.05) is 23.5 Å². The van der Waals surface area contributed by atoms with Crippen molar-refractivity contribution in [1.82, 2.24) is 29.9 Å². The molecule has 0 unspecified atom stereocenters. The fourth-order valence-corrected chi connectivity index (χ4v) is 6.89. The van der Waals surface area contributed by atoms with Gasteiger partial charge in [-0.25, -0.2) is 4.98 Å². The standard InChI is InChI=1S/C37H35N9O6S2/c1-24-38-34(45-35(39-24)42-30-10-6-4-7-11-30)21-26-14-15-27(29(20-26)23-53(47,48)49)16-17-28-18-19-32(22-33(28)54(50,51)52-3)44-37-41-25(2)40-36(46-37)43-31-12-8-5-9-13-31/h4-20,22H,21,23H2,1-3H3,(H,47,48,49)(H,38,39,42,45)(H2,40,41,43,44,46)/b17-16+. The van der Waals surface area contributed by atoms with Gasteiger partial charge in [-0.05, 0) is 72.5 Å². The Kier molecular flexibility index (Phi) is 11.3. The summed E-state index contributed by atoms with van der Waals surface area (Å²) in [5.41, 5.74) is 3.56. The highest BCUT2D eigenvalue weighted by Crippen LogP contribution is 2.27. The van der Waals surface area contributed by atoms with Gasteiger partial charge in [0.25, 0.3) is 20.2 Å². The van der Waals surface area contributed by atoms with Crippen LogP contribution in [0.4, 0.5) is 34.9 Å². The van der Waals surface area contributed by atoms with Crippen molar-refractivity contribution in [3.8, 4) is 0 Å². The van der Waals surface area contributed by atoms with Crippen molar-refractivity contribution in [3.63, 3.8) is 0 Å². The number of hydrogen-bond donors (Lipinski definition) is 4. The molecule has 0 saturated carbocycles. The third-order valence-electron chi connectivity index (χ3n) is 7.71. The summed E-state index contributed by atoms with van der Waals surface area (Å²) in [6, 6.07) is 28.4. The predicted octanol–water partition coefficient (Wildman–Crippen LogP) is 6.39. The van der Waals surface area contributed by atoms with E-state index in [-0.39, 0.29) is 28.4 Å². The van der Waals surface area contributed by atoms with E-state index in [4.69, 9.17) is 4.18 Å². The molecule has 0 fully saturated rings. The zero-order valence-electron chi connectivity index (χ0n) is 29.3. The lowest BCUT2D eigenvalue weighted by Gasteiger charge is -2.12. The van der Waals surface area contributed by atoms with Gasteiger partial charge in [-0.3, -0.25) is 8.74 Å². The number of aromatic nitrogens is 6. The Labute approximate surface area is 312 Å². The van der Waals surface area contributed by atoms with E-state index in [2.05, 4.69) is 45.9 Å². The first-order chi connectivity index (χ1) is 25.8. The summed E-state index contributed by atoms with van der Waals surface area (Å²) < 4.78 is 65.0. The third-order valence-corrected chi connectivity index (χ3v) is 9.72. The second-order valence-electron chi connectivity index (χ2n) is 11.9. The lowest BCUT2D eigenvalue weighted by Crippen LogP contribution is -2.08. The lowest BCUT2D eigenvalue weighted by molar-refractivity contribution is 0.397. The summed E-state index contributed by atoms with van der Waals surface area (Å²) in [6.07, 6.45) is 3.32. The van der Waals surface area contributed by atoms with E-state index in [9.17, 15) is 21.4 Å². The molecule has 2 aromatic heterocycles. The van der Waals surface area contributed by atoms with Gasteiger partial charge >= 0.3 is 0 Å². The number of para-hydroxylation sites is 2. The molecule has 4 N–H and O–H groups in total. The van der Waals surface area contributed by atoms with E-state index in [1.807, 2.05) is 60.7 Å². The van der Waals surface area contributed by atoms with E-state index < -0.39 is 26.0 Å². The van der Waals surface area contributed by atoms with Crippen molar-refractivity contribution in [2.75, 3.05) is 23.1 Å². The predicted molar refractivity (Wildman–Crippen MR) is 206 cm³/mol. The summed E-state index contributed by atoms with van der Waals surface area (Å²) in [4.78, 5) is 26.2. The van der Waals surface area contributed by atoms with Gasteiger partial charge in [0.15, 0.2) is 0 Å². The number of benzene rings is 4. The van der Waals surface area contributed by atoms with Crippen LogP contribution in [0.5, 0.6) is 0 Å². The van der Waals surface area contributed by atoms with Crippen LogP contribution < -0.4 is 16.0 Å². The molecule has 0 spiro atoms. The second kappa shape index (κ2) is 16.3. The highest BCUT2D eigenvalue weighted by molar-refractivity contribution is 7.86. The molecule has 6 rings (SSSR count). The Hall–Kier alpha value is -6.14. The van der Waals surface area contributed by atoms with Gasteiger partial charge in [-0.1, -0.05) is 72.8 Å². The van der Waals surface area contributed by atoms with Crippen molar-refractivity contribution < 1.29 is 25.6 Å². The van der Waals surface area contributed by atoms with Gasteiger partial charge in [0.1, 0.15) is 28.1 Å². The number of hydrogen-bond acceptors (Lipinski definition) is 14. The number of anilines is 6. The first-order valence-corrected chi connectivity index (χ1v) is 19.4. The van der Waals surface area contributed by atoms with Gasteiger partial charge in [0.05, 0.1) is 7.11 Å². The fourth-order valence-electron chi connectivity index (χ4n) is 5.37. The molecule has 0 aliphatic heterocycles. The zero-order valence-corrected chi connectivity index (χ0v) is 30.9. The van der Waals surface area contributed by atoms with Crippen LogP contribution in [0.25, 0.3) is 12.2 Å². The SMILES string of the molecule is COS(=O)(=O)c1cc(Nc2nc(C)nc(Nc3ccccc3)n2)ccc1/C=C/c1ccc(Cc2nc(C)nc(Nc3ccccc3)n2)cc1CS(=O)(=O)O. The Balaban J connectivity index is 1.27. The highest BCUT2D eigenvalue weighted by atomic mass is 32.2. The van der Waals surface area contributed by atoms with E-state index in [0.717, 1.165) is 18.5 Å². The Morgan fingerprint density at radius 1 is 0.630 bits per heavy atom. The molecule has 54 heavy (non-hydrogen) atoms. The molecular weight excluding hydrogens is 731 g/mol. The van der Waals surface area contributed by atoms with Crippen LogP contribution in [0.3, 0.4) is 0 Å². The van der Waals surface area contributed by atoms with E-state index in [1.54, 1.807) is 50.3 Å². The molecule has 0 radical (unpaired) electrons. The van der Waals surface area contributed by atoms with Gasteiger partial charge in [-0.15, -0.1) is 0 Å². The normalized spacial score (nSPS) is 11.8. The molecule has 0 aliphatic rings. The summed E-state index contributed by atoms with van der Waals surface area (Å²) in [5, 5.41) is 9.29. The molecule has 0 aliphatic carbocycles. The Morgan fingerprint density at radius 2 is 1.17 bits per heavy atom. The van der Waals surface area contributed by atoms with Gasteiger partial charge < -0.3 is 16.0 Å².